The number of hydrogen-bond acceptors (Lipinski definition) is 3. The quantitative estimate of drug-likeness (QED) is 0.694. The molecule has 0 radical (unpaired) electrons. The third-order valence-corrected chi connectivity index (χ3v) is 4.06. The van der Waals surface area contributed by atoms with Crippen molar-refractivity contribution in [3.63, 3.8) is 0 Å². The van der Waals surface area contributed by atoms with E-state index >= 15 is 0 Å². The second-order valence-electron chi connectivity index (χ2n) is 4.56. The van der Waals surface area contributed by atoms with Crippen LogP contribution in [0, 0.1) is 0 Å². The molecule has 2 rings (SSSR count). The van der Waals surface area contributed by atoms with Crippen molar-refractivity contribution in [2.24, 2.45) is 4.99 Å². The Morgan fingerprint density at radius 2 is 2.33 bits per heavy atom. The summed E-state index contributed by atoms with van der Waals surface area (Å²) in [5.74, 6) is 1.57. The van der Waals surface area contributed by atoms with Crippen molar-refractivity contribution in [2.75, 3.05) is 5.75 Å². The Morgan fingerprint density at radius 3 is 2.87 bits per heavy atom. The SMILES string of the molecule is CC(C)N=C1NC(=O)C2(CSC(C)C2)N1. The van der Waals surface area contributed by atoms with Crippen LogP contribution in [0.15, 0.2) is 4.99 Å². The van der Waals surface area contributed by atoms with Crippen LogP contribution in [0.25, 0.3) is 0 Å². The molecule has 2 aliphatic heterocycles. The molecule has 0 aromatic rings. The summed E-state index contributed by atoms with van der Waals surface area (Å²) in [5.41, 5.74) is -0.391. The largest absolute Gasteiger partial charge is 0.341 e. The van der Waals surface area contributed by atoms with Crippen molar-refractivity contribution in [3.05, 3.63) is 0 Å². The van der Waals surface area contributed by atoms with Gasteiger partial charge in [-0.25, -0.2) is 0 Å². The van der Waals surface area contributed by atoms with Crippen LogP contribution >= 0.6 is 11.8 Å². The van der Waals surface area contributed by atoms with Gasteiger partial charge in [0, 0.05) is 17.0 Å². The summed E-state index contributed by atoms with van der Waals surface area (Å²) in [4.78, 5) is 16.2. The van der Waals surface area contributed by atoms with Crippen LogP contribution in [0.4, 0.5) is 0 Å². The molecule has 15 heavy (non-hydrogen) atoms. The third-order valence-electron chi connectivity index (χ3n) is 2.66. The summed E-state index contributed by atoms with van der Waals surface area (Å²) in [6, 6.07) is 0.203. The van der Waals surface area contributed by atoms with Crippen molar-refractivity contribution in [3.8, 4) is 0 Å². The lowest BCUT2D eigenvalue weighted by Crippen LogP contribution is -2.47. The highest BCUT2D eigenvalue weighted by molar-refractivity contribution is 8.00. The van der Waals surface area contributed by atoms with E-state index in [-0.39, 0.29) is 11.9 Å². The van der Waals surface area contributed by atoms with E-state index in [4.69, 9.17) is 0 Å². The highest BCUT2D eigenvalue weighted by atomic mass is 32.2. The van der Waals surface area contributed by atoms with Gasteiger partial charge < -0.3 is 5.32 Å². The van der Waals surface area contributed by atoms with E-state index in [2.05, 4.69) is 22.5 Å². The molecule has 2 aliphatic rings. The van der Waals surface area contributed by atoms with E-state index in [0.717, 1.165) is 12.2 Å². The number of hydrogen-bond donors (Lipinski definition) is 2. The fraction of sp³-hybridized carbons (Fsp3) is 0.800. The van der Waals surface area contributed by atoms with Crippen LogP contribution in [0.3, 0.4) is 0 Å². The number of nitrogens with one attached hydrogen (secondary N) is 2. The standard InChI is InChI=1S/C10H17N3OS/c1-6(2)11-9-12-8(14)10(13-9)4-7(3)15-5-10/h6-7H,4-5H2,1-3H3,(H2,11,12,13,14). The minimum atomic E-state index is -0.391. The van der Waals surface area contributed by atoms with Gasteiger partial charge in [0.15, 0.2) is 5.96 Å². The highest BCUT2D eigenvalue weighted by Crippen LogP contribution is 2.36. The van der Waals surface area contributed by atoms with Crippen LogP contribution in [-0.4, -0.2) is 34.5 Å². The Kier molecular flexibility index (Phi) is 2.66. The molecule has 2 N–H and O–H groups in total. The van der Waals surface area contributed by atoms with E-state index in [1.54, 1.807) is 0 Å². The molecule has 2 saturated heterocycles. The highest BCUT2D eigenvalue weighted by Gasteiger charge is 2.49. The second kappa shape index (κ2) is 3.70. The summed E-state index contributed by atoms with van der Waals surface area (Å²) >= 11 is 1.84. The number of aliphatic imine (C=N–C) groups is 1. The zero-order chi connectivity index (χ0) is 11.1. The van der Waals surface area contributed by atoms with E-state index < -0.39 is 5.54 Å². The maximum absolute atomic E-state index is 11.9. The third kappa shape index (κ3) is 1.97. The molecule has 0 aliphatic carbocycles. The Morgan fingerprint density at radius 1 is 1.60 bits per heavy atom. The van der Waals surface area contributed by atoms with E-state index in [0.29, 0.717) is 11.2 Å². The number of carbonyl (C=O) groups is 1. The number of guanidine groups is 1. The van der Waals surface area contributed by atoms with Gasteiger partial charge in [0.25, 0.3) is 5.91 Å². The van der Waals surface area contributed by atoms with Crippen molar-refractivity contribution in [1.82, 2.24) is 10.6 Å². The molecule has 2 fully saturated rings. The number of carbonyl (C=O) groups excluding carboxylic acids is 1. The Bertz CT molecular complexity index is 316. The maximum atomic E-state index is 11.9. The van der Waals surface area contributed by atoms with Gasteiger partial charge in [-0.15, -0.1) is 0 Å². The molecule has 5 heteroatoms. The summed E-state index contributed by atoms with van der Waals surface area (Å²) < 4.78 is 0. The molecule has 0 saturated carbocycles. The lowest BCUT2D eigenvalue weighted by Gasteiger charge is -2.18. The fourth-order valence-electron chi connectivity index (χ4n) is 2.00. The van der Waals surface area contributed by atoms with Crippen LogP contribution in [0.2, 0.25) is 0 Å². The minimum Gasteiger partial charge on any atom is -0.341 e. The zero-order valence-corrected chi connectivity index (χ0v) is 10.1. The fourth-order valence-corrected chi connectivity index (χ4v) is 3.30. The van der Waals surface area contributed by atoms with Gasteiger partial charge in [0.1, 0.15) is 5.54 Å². The smallest absolute Gasteiger partial charge is 0.253 e. The molecule has 84 valence electrons. The number of rotatable bonds is 1. The summed E-state index contributed by atoms with van der Waals surface area (Å²) in [6.45, 7) is 6.15. The normalized spacial score (nSPS) is 37.7. The van der Waals surface area contributed by atoms with Gasteiger partial charge in [-0.1, -0.05) is 6.92 Å². The molecule has 2 heterocycles. The maximum Gasteiger partial charge on any atom is 0.253 e. The first kappa shape index (κ1) is 10.8. The summed E-state index contributed by atoms with van der Waals surface area (Å²) in [7, 11) is 0. The van der Waals surface area contributed by atoms with Crippen molar-refractivity contribution in [1.29, 1.82) is 0 Å². The predicted octanol–water partition coefficient (Wildman–Crippen LogP) is 0.734. The van der Waals surface area contributed by atoms with Gasteiger partial charge >= 0.3 is 0 Å². The first-order chi connectivity index (χ1) is 7.02. The molecule has 0 aromatic heterocycles. The number of thioether (sulfide) groups is 1. The topological polar surface area (TPSA) is 53.5 Å². The van der Waals surface area contributed by atoms with Gasteiger partial charge in [0.05, 0.1) is 0 Å². The second-order valence-corrected chi connectivity index (χ2v) is 5.99. The van der Waals surface area contributed by atoms with Crippen molar-refractivity contribution < 1.29 is 4.79 Å². The molecule has 0 bridgehead atoms. The van der Waals surface area contributed by atoms with Crippen molar-refractivity contribution in [2.45, 2.75) is 44.0 Å². The number of amides is 1. The van der Waals surface area contributed by atoms with Crippen LogP contribution in [0.1, 0.15) is 27.2 Å². The molecular formula is C10H17N3OS. The molecule has 2 atom stereocenters. The van der Waals surface area contributed by atoms with E-state index in [9.17, 15) is 4.79 Å². The first-order valence-electron chi connectivity index (χ1n) is 5.31. The lowest BCUT2D eigenvalue weighted by molar-refractivity contribution is -0.123. The Labute approximate surface area is 94.3 Å². The molecule has 4 nitrogen and oxygen atoms in total. The Hall–Kier alpha value is -0.710. The van der Waals surface area contributed by atoms with Crippen LogP contribution in [-0.2, 0) is 4.79 Å². The summed E-state index contributed by atoms with van der Waals surface area (Å²) in [5, 5.41) is 6.61. The van der Waals surface area contributed by atoms with Gasteiger partial charge in [-0.05, 0) is 20.3 Å². The van der Waals surface area contributed by atoms with Crippen LogP contribution < -0.4 is 10.6 Å². The predicted molar refractivity (Wildman–Crippen MR) is 63.1 cm³/mol. The Balaban J connectivity index is 2.14. The lowest BCUT2D eigenvalue weighted by atomic mass is 9.97. The number of nitrogens with zero attached hydrogens (tertiary/aromatic N) is 1. The molecular weight excluding hydrogens is 210 g/mol. The zero-order valence-electron chi connectivity index (χ0n) is 9.33. The van der Waals surface area contributed by atoms with Crippen LogP contribution in [0.5, 0.6) is 0 Å². The monoisotopic (exact) mass is 227 g/mol. The van der Waals surface area contributed by atoms with Crippen molar-refractivity contribution >= 4 is 23.6 Å². The first-order valence-corrected chi connectivity index (χ1v) is 6.36. The van der Waals surface area contributed by atoms with E-state index in [1.165, 1.54) is 0 Å². The average molecular weight is 227 g/mol. The van der Waals surface area contributed by atoms with Gasteiger partial charge in [-0.3, -0.25) is 15.1 Å². The van der Waals surface area contributed by atoms with Gasteiger partial charge in [0.2, 0.25) is 0 Å². The van der Waals surface area contributed by atoms with Gasteiger partial charge in [-0.2, -0.15) is 11.8 Å². The minimum absolute atomic E-state index is 0.0822. The molecule has 2 unspecified atom stereocenters. The average Bonchev–Trinajstić information content (AvgIpc) is 2.58. The molecule has 0 aromatic carbocycles. The van der Waals surface area contributed by atoms with E-state index in [1.807, 2.05) is 25.6 Å². The summed E-state index contributed by atoms with van der Waals surface area (Å²) in [6.07, 6.45) is 0.889. The molecule has 1 amide bonds. The molecule has 1 spiro atoms.